The number of carbonyl (C=O) groups excluding carboxylic acids is 1. The van der Waals surface area contributed by atoms with Gasteiger partial charge in [0, 0.05) is 43.3 Å². The highest BCUT2D eigenvalue weighted by Gasteiger charge is 2.07. The zero-order valence-electron chi connectivity index (χ0n) is 16.7. The summed E-state index contributed by atoms with van der Waals surface area (Å²) in [5, 5.41) is 12.1. The van der Waals surface area contributed by atoms with Crippen molar-refractivity contribution in [2.24, 2.45) is 0 Å². The van der Waals surface area contributed by atoms with Gasteiger partial charge in [0.1, 0.15) is 5.82 Å². The zero-order chi connectivity index (χ0) is 21.2. The highest BCUT2D eigenvalue weighted by Crippen LogP contribution is 2.22. The smallest absolute Gasteiger partial charge is 0.319 e. The lowest BCUT2D eigenvalue weighted by atomic mass is 10.3. The van der Waals surface area contributed by atoms with Crippen LogP contribution in [0, 0.1) is 0 Å². The first kappa shape index (κ1) is 21.6. The molecule has 0 aliphatic rings. The van der Waals surface area contributed by atoms with Gasteiger partial charge in [-0.2, -0.15) is 4.98 Å². The van der Waals surface area contributed by atoms with E-state index in [0.29, 0.717) is 30.5 Å². The molecule has 2 aromatic heterocycles. The number of aromatic nitrogens is 4. The summed E-state index contributed by atoms with van der Waals surface area (Å²) in [6, 6.07) is 7.16. The van der Waals surface area contributed by atoms with Crippen molar-refractivity contribution in [3.63, 3.8) is 0 Å². The van der Waals surface area contributed by atoms with Gasteiger partial charge in [0.2, 0.25) is 5.95 Å². The van der Waals surface area contributed by atoms with Crippen LogP contribution in [0.3, 0.4) is 0 Å². The number of halogens is 1. The number of nitrogens with one attached hydrogen (secondary N) is 5. The Labute approximate surface area is 183 Å². The molecule has 158 valence electrons. The van der Waals surface area contributed by atoms with Crippen LogP contribution in [-0.4, -0.2) is 39.1 Å². The van der Waals surface area contributed by atoms with Crippen molar-refractivity contribution < 1.29 is 4.79 Å². The van der Waals surface area contributed by atoms with Gasteiger partial charge in [-0.05, 0) is 46.6 Å². The molecule has 0 saturated carbocycles. The Bertz CT molecular complexity index is 930. The van der Waals surface area contributed by atoms with E-state index in [4.69, 9.17) is 0 Å². The third kappa shape index (κ3) is 6.73. The van der Waals surface area contributed by atoms with Crippen molar-refractivity contribution in [1.82, 2.24) is 25.3 Å². The SMILES string of the molecule is CCCCNC(=O)Nc1ccc(Nc2ncc(Br)c(NCCc3c[nH]cn3)n2)cc1. The zero-order valence-corrected chi connectivity index (χ0v) is 18.3. The molecule has 2 heterocycles. The summed E-state index contributed by atoms with van der Waals surface area (Å²) in [5.41, 5.74) is 2.52. The largest absolute Gasteiger partial charge is 0.369 e. The number of hydrogen-bond acceptors (Lipinski definition) is 6. The second kappa shape index (κ2) is 11.1. The monoisotopic (exact) mass is 472 g/mol. The molecule has 9 nitrogen and oxygen atoms in total. The number of rotatable bonds is 10. The van der Waals surface area contributed by atoms with Crippen molar-refractivity contribution in [3.05, 3.63) is 53.2 Å². The first-order chi connectivity index (χ1) is 14.6. The average Bonchev–Trinajstić information content (AvgIpc) is 3.25. The van der Waals surface area contributed by atoms with Crippen LogP contribution in [0.5, 0.6) is 0 Å². The van der Waals surface area contributed by atoms with Gasteiger partial charge in [-0.25, -0.2) is 14.8 Å². The molecule has 10 heteroatoms. The summed E-state index contributed by atoms with van der Waals surface area (Å²) in [5.74, 6) is 1.17. The van der Waals surface area contributed by atoms with E-state index in [1.54, 1.807) is 12.5 Å². The van der Waals surface area contributed by atoms with E-state index >= 15 is 0 Å². The van der Waals surface area contributed by atoms with Crippen LogP contribution in [0.1, 0.15) is 25.5 Å². The maximum atomic E-state index is 11.8. The second-order valence-electron chi connectivity index (χ2n) is 6.56. The van der Waals surface area contributed by atoms with Crippen LogP contribution in [-0.2, 0) is 6.42 Å². The number of benzene rings is 1. The van der Waals surface area contributed by atoms with Crippen molar-refractivity contribution in [1.29, 1.82) is 0 Å². The molecular formula is C20H25BrN8O. The van der Waals surface area contributed by atoms with Crippen LogP contribution in [0.2, 0.25) is 0 Å². The highest BCUT2D eigenvalue weighted by molar-refractivity contribution is 9.10. The lowest BCUT2D eigenvalue weighted by Gasteiger charge is -2.11. The highest BCUT2D eigenvalue weighted by atomic mass is 79.9. The molecule has 0 spiro atoms. The number of aromatic amines is 1. The van der Waals surface area contributed by atoms with E-state index in [1.165, 1.54) is 0 Å². The van der Waals surface area contributed by atoms with Gasteiger partial charge in [-0.1, -0.05) is 13.3 Å². The molecule has 0 saturated heterocycles. The van der Waals surface area contributed by atoms with Crippen LogP contribution < -0.4 is 21.3 Å². The van der Waals surface area contributed by atoms with Crippen molar-refractivity contribution >= 4 is 45.1 Å². The Kier molecular flexibility index (Phi) is 8.02. The van der Waals surface area contributed by atoms with Crippen molar-refractivity contribution in [3.8, 4) is 0 Å². The number of urea groups is 1. The third-order valence-corrected chi connectivity index (χ3v) is 4.77. The number of imidazole rings is 1. The Hall–Kier alpha value is -3.14. The maximum absolute atomic E-state index is 11.8. The van der Waals surface area contributed by atoms with Gasteiger partial charge < -0.3 is 26.3 Å². The second-order valence-corrected chi connectivity index (χ2v) is 7.42. The molecule has 0 unspecified atom stereocenters. The summed E-state index contributed by atoms with van der Waals surface area (Å²) >= 11 is 3.47. The summed E-state index contributed by atoms with van der Waals surface area (Å²) in [7, 11) is 0. The van der Waals surface area contributed by atoms with Crippen LogP contribution in [0.25, 0.3) is 0 Å². The predicted octanol–water partition coefficient (Wildman–Crippen LogP) is 4.28. The molecule has 0 radical (unpaired) electrons. The Morgan fingerprint density at radius 2 is 1.93 bits per heavy atom. The van der Waals surface area contributed by atoms with E-state index in [0.717, 1.165) is 35.1 Å². The van der Waals surface area contributed by atoms with Gasteiger partial charge in [-0.3, -0.25) is 0 Å². The van der Waals surface area contributed by atoms with Gasteiger partial charge in [0.05, 0.1) is 16.5 Å². The molecular weight excluding hydrogens is 448 g/mol. The number of hydrogen-bond donors (Lipinski definition) is 5. The predicted molar refractivity (Wildman–Crippen MR) is 122 cm³/mol. The lowest BCUT2D eigenvalue weighted by molar-refractivity contribution is 0.252. The number of unbranched alkanes of at least 4 members (excludes halogenated alkanes) is 1. The standard InChI is InChI=1S/C20H25BrN8O/c1-2-3-9-24-20(30)28-15-6-4-14(5-7-15)27-19-25-12-17(21)18(29-19)23-10-8-16-11-22-13-26-16/h4-7,11-13H,2-3,8-10H2,1H3,(H,22,26)(H2,24,28,30)(H2,23,25,27,29). The van der Waals surface area contributed by atoms with Crippen LogP contribution in [0.4, 0.5) is 27.9 Å². The van der Waals surface area contributed by atoms with Gasteiger partial charge in [0.15, 0.2) is 0 Å². The number of H-pyrrole nitrogens is 1. The van der Waals surface area contributed by atoms with E-state index in [9.17, 15) is 4.79 Å². The summed E-state index contributed by atoms with van der Waals surface area (Å²) < 4.78 is 0.781. The number of anilines is 4. The van der Waals surface area contributed by atoms with Crippen molar-refractivity contribution in [2.45, 2.75) is 26.2 Å². The van der Waals surface area contributed by atoms with E-state index < -0.39 is 0 Å². The Morgan fingerprint density at radius 3 is 2.67 bits per heavy atom. The first-order valence-corrected chi connectivity index (χ1v) is 10.6. The normalized spacial score (nSPS) is 10.5. The number of nitrogens with zero attached hydrogens (tertiary/aromatic N) is 3. The molecule has 3 rings (SSSR count). The van der Waals surface area contributed by atoms with Crippen molar-refractivity contribution in [2.75, 3.05) is 29.0 Å². The molecule has 2 amide bonds. The van der Waals surface area contributed by atoms with E-state index in [-0.39, 0.29) is 6.03 Å². The molecule has 30 heavy (non-hydrogen) atoms. The minimum atomic E-state index is -0.203. The van der Waals surface area contributed by atoms with Gasteiger partial charge >= 0.3 is 6.03 Å². The van der Waals surface area contributed by atoms with Crippen LogP contribution in [0.15, 0.2) is 47.5 Å². The fourth-order valence-corrected chi connectivity index (χ4v) is 2.94. The molecule has 1 aromatic carbocycles. The summed E-state index contributed by atoms with van der Waals surface area (Å²) in [4.78, 5) is 27.8. The van der Waals surface area contributed by atoms with E-state index in [2.05, 4.69) is 64.1 Å². The molecule has 0 atom stereocenters. The Balaban J connectivity index is 1.53. The van der Waals surface area contributed by atoms with Gasteiger partial charge in [-0.15, -0.1) is 0 Å². The average molecular weight is 473 g/mol. The molecule has 0 aliphatic carbocycles. The molecule has 5 N–H and O–H groups in total. The van der Waals surface area contributed by atoms with E-state index in [1.807, 2.05) is 30.5 Å². The van der Waals surface area contributed by atoms with Gasteiger partial charge in [0.25, 0.3) is 0 Å². The summed E-state index contributed by atoms with van der Waals surface area (Å²) in [6.45, 7) is 3.45. The number of amides is 2. The minimum absolute atomic E-state index is 0.203. The lowest BCUT2D eigenvalue weighted by Crippen LogP contribution is -2.29. The minimum Gasteiger partial charge on any atom is -0.369 e. The fraction of sp³-hybridized carbons (Fsp3) is 0.300. The molecule has 0 aliphatic heterocycles. The third-order valence-electron chi connectivity index (χ3n) is 4.19. The number of carbonyl (C=O) groups is 1. The Morgan fingerprint density at radius 1 is 1.13 bits per heavy atom. The quantitative estimate of drug-likeness (QED) is 0.281. The molecule has 3 aromatic rings. The van der Waals surface area contributed by atoms with Crippen LogP contribution >= 0.6 is 15.9 Å². The molecule has 0 fully saturated rings. The first-order valence-electron chi connectivity index (χ1n) is 9.80. The summed E-state index contributed by atoms with van der Waals surface area (Å²) in [6.07, 6.45) is 8.02. The topological polar surface area (TPSA) is 120 Å². The fourth-order valence-electron chi connectivity index (χ4n) is 2.61. The molecule has 0 bridgehead atoms. The maximum Gasteiger partial charge on any atom is 0.319 e.